The summed E-state index contributed by atoms with van der Waals surface area (Å²) < 4.78 is 12.7. The highest BCUT2D eigenvalue weighted by Crippen LogP contribution is 2.59. The Balaban J connectivity index is 0.000000689. The summed E-state index contributed by atoms with van der Waals surface area (Å²) in [4.78, 5) is 12.9. The Bertz CT molecular complexity index is 1390. The van der Waals surface area contributed by atoms with Gasteiger partial charge in [-0.15, -0.1) is 0 Å². The summed E-state index contributed by atoms with van der Waals surface area (Å²) in [6.45, 7) is 15.9. The molecule has 35 heavy (non-hydrogen) atoms. The molecule has 3 heteroatoms. The van der Waals surface area contributed by atoms with Crippen LogP contribution in [0.4, 0.5) is 0 Å². The summed E-state index contributed by atoms with van der Waals surface area (Å²) in [6.07, 6.45) is 9.74. The number of ether oxygens (including phenoxy) is 2. The molecular formula is C32H32O3. The van der Waals surface area contributed by atoms with Gasteiger partial charge in [0.25, 0.3) is 0 Å². The van der Waals surface area contributed by atoms with Crippen LogP contribution in [0.25, 0.3) is 16.8 Å². The maximum atomic E-state index is 12.9. The summed E-state index contributed by atoms with van der Waals surface area (Å²) >= 11 is 0. The third-order valence-electron chi connectivity index (χ3n) is 6.44. The zero-order chi connectivity index (χ0) is 25.2. The molecule has 2 heterocycles. The summed E-state index contributed by atoms with van der Waals surface area (Å²) in [5.41, 5.74) is 3.89. The van der Waals surface area contributed by atoms with Crippen molar-refractivity contribution < 1.29 is 14.3 Å². The molecule has 0 aromatic heterocycles. The highest BCUT2D eigenvalue weighted by Gasteiger charge is 2.56. The number of benzene rings is 3. The monoisotopic (exact) mass is 464 g/mol. The van der Waals surface area contributed by atoms with E-state index in [2.05, 4.69) is 49.6 Å². The van der Waals surface area contributed by atoms with Gasteiger partial charge in [-0.2, -0.15) is 0 Å². The maximum Gasteiger partial charge on any atom is 0.339 e. The van der Waals surface area contributed by atoms with E-state index >= 15 is 0 Å². The van der Waals surface area contributed by atoms with E-state index in [0.29, 0.717) is 22.6 Å². The van der Waals surface area contributed by atoms with Crippen LogP contribution >= 0.6 is 0 Å². The first kappa shape index (κ1) is 24.3. The molecule has 1 aliphatic carbocycles. The minimum Gasteiger partial charge on any atom is -0.456 e. The van der Waals surface area contributed by atoms with Crippen LogP contribution in [0.3, 0.4) is 0 Å². The van der Waals surface area contributed by atoms with Crippen molar-refractivity contribution in [2.24, 2.45) is 0 Å². The Kier molecular flexibility index (Phi) is 6.79. The van der Waals surface area contributed by atoms with Gasteiger partial charge in [-0.1, -0.05) is 95.5 Å². The van der Waals surface area contributed by atoms with Crippen molar-refractivity contribution in [1.29, 1.82) is 0 Å². The SMILES string of the molecule is C=C/C=C1\C(=C)C(=O)OC12c1cc3ccccc3cc1Oc1ccc3c(c12)C=CCC3.CC.CC. The molecule has 0 bridgehead atoms. The molecule has 1 saturated heterocycles. The second-order valence-corrected chi connectivity index (χ2v) is 8.12. The fourth-order valence-electron chi connectivity index (χ4n) is 5.07. The van der Waals surface area contributed by atoms with Gasteiger partial charge in [0.15, 0.2) is 5.60 Å². The molecule has 6 rings (SSSR count). The molecule has 0 N–H and O–H groups in total. The van der Waals surface area contributed by atoms with Crippen molar-refractivity contribution in [2.45, 2.75) is 46.1 Å². The van der Waals surface area contributed by atoms with Crippen LogP contribution in [-0.2, 0) is 21.6 Å². The smallest absolute Gasteiger partial charge is 0.339 e. The van der Waals surface area contributed by atoms with E-state index in [9.17, 15) is 4.79 Å². The van der Waals surface area contributed by atoms with Gasteiger partial charge in [0, 0.05) is 11.1 Å². The molecule has 1 spiro atoms. The van der Waals surface area contributed by atoms with Crippen molar-refractivity contribution in [3.05, 3.63) is 113 Å². The Morgan fingerprint density at radius 3 is 2.40 bits per heavy atom. The number of hydrogen-bond acceptors (Lipinski definition) is 3. The minimum atomic E-state index is -1.12. The first-order valence-corrected chi connectivity index (χ1v) is 12.4. The lowest BCUT2D eigenvalue weighted by Crippen LogP contribution is -2.34. The maximum absolute atomic E-state index is 12.9. The average molecular weight is 465 g/mol. The average Bonchev–Trinajstić information content (AvgIpc) is 3.15. The molecule has 3 aromatic rings. The highest BCUT2D eigenvalue weighted by atomic mass is 16.6. The van der Waals surface area contributed by atoms with Crippen LogP contribution < -0.4 is 4.74 Å². The number of carbonyl (C=O) groups is 1. The third-order valence-corrected chi connectivity index (χ3v) is 6.44. The lowest BCUT2D eigenvalue weighted by molar-refractivity contribution is -0.143. The quantitative estimate of drug-likeness (QED) is 0.268. The summed E-state index contributed by atoms with van der Waals surface area (Å²) in [5.74, 6) is 0.964. The molecule has 1 unspecified atom stereocenters. The van der Waals surface area contributed by atoms with Crippen LogP contribution in [-0.4, -0.2) is 5.97 Å². The van der Waals surface area contributed by atoms with E-state index in [1.54, 1.807) is 6.08 Å². The molecule has 1 fully saturated rings. The first-order chi connectivity index (χ1) is 17.1. The van der Waals surface area contributed by atoms with E-state index in [1.807, 2.05) is 58.0 Å². The van der Waals surface area contributed by atoms with Gasteiger partial charge in [-0.05, 0) is 52.9 Å². The van der Waals surface area contributed by atoms with Crippen molar-refractivity contribution >= 4 is 22.8 Å². The summed E-state index contributed by atoms with van der Waals surface area (Å²) in [5, 5.41) is 2.12. The van der Waals surface area contributed by atoms with Crippen molar-refractivity contribution in [3.63, 3.8) is 0 Å². The molecule has 178 valence electrons. The molecule has 3 aliphatic rings. The second-order valence-electron chi connectivity index (χ2n) is 8.12. The second kappa shape index (κ2) is 9.79. The minimum absolute atomic E-state index is 0.351. The van der Waals surface area contributed by atoms with Gasteiger partial charge in [-0.3, -0.25) is 0 Å². The zero-order valence-corrected chi connectivity index (χ0v) is 21.0. The number of fused-ring (bicyclic) bond motifs is 7. The van der Waals surface area contributed by atoms with E-state index in [4.69, 9.17) is 9.47 Å². The number of esters is 1. The van der Waals surface area contributed by atoms with E-state index < -0.39 is 11.6 Å². The summed E-state index contributed by atoms with van der Waals surface area (Å²) in [7, 11) is 0. The molecule has 0 radical (unpaired) electrons. The normalized spacial score (nSPS) is 19.9. The fourth-order valence-corrected chi connectivity index (χ4v) is 5.07. The Labute approximate surface area is 208 Å². The van der Waals surface area contributed by atoms with Crippen molar-refractivity contribution in [1.82, 2.24) is 0 Å². The number of hydrogen-bond donors (Lipinski definition) is 0. The molecule has 3 aromatic carbocycles. The van der Waals surface area contributed by atoms with E-state index in [-0.39, 0.29) is 0 Å². The van der Waals surface area contributed by atoms with Crippen LogP contribution in [0.5, 0.6) is 11.5 Å². The topological polar surface area (TPSA) is 35.5 Å². The van der Waals surface area contributed by atoms with Crippen molar-refractivity contribution in [3.8, 4) is 11.5 Å². The molecular weight excluding hydrogens is 432 g/mol. The fraction of sp³-hybridized carbons (Fsp3) is 0.219. The van der Waals surface area contributed by atoms with Crippen LogP contribution in [0.2, 0.25) is 0 Å². The van der Waals surface area contributed by atoms with Crippen LogP contribution in [0.1, 0.15) is 56.4 Å². The van der Waals surface area contributed by atoms with Gasteiger partial charge in [0.1, 0.15) is 11.5 Å². The Morgan fingerprint density at radius 2 is 1.69 bits per heavy atom. The van der Waals surface area contributed by atoms with Gasteiger partial charge in [-0.25, -0.2) is 4.79 Å². The van der Waals surface area contributed by atoms with Gasteiger partial charge in [0.05, 0.1) is 11.1 Å². The Hall–Kier alpha value is -3.85. The molecule has 0 amide bonds. The predicted octanol–water partition coefficient (Wildman–Crippen LogP) is 8.43. The van der Waals surface area contributed by atoms with Crippen LogP contribution in [0, 0.1) is 0 Å². The summed E-state index contributed by atoms with van der Waals surface area (Å²) in [6, 6.07) is 16.3. The number of carbonyl (C=O) groups excluding carboxylic acids is 1. The lowest BCUT2D eigenvalue weighted by Gasteiger charge is -2.38. The largest absolute Gasteiger partial charge is 0.456 e. The molecule has 3 nitrogen and oxygen atoms in total. The number of allylic oxidation sites excluding steroid dienone is 3. The predicted molar refractivity (Wildman–Crippen MR) is 145 cm³/mol. The van der Waals surface area contributed by atoms with E-state index in [0.717, 1.165) is 40.3 Å². The molecule has 2 aliphatic heterocycles. The van der Waals surface area contributed by atoms with Crippen LogP contribution in [0.15, 0.2) is 91.1 Å². The highest BCUT2D eigenvalue weighted by molar-refractivity contribution is 6.00. The standard InChI is InChI=1S/C28H20O3.2C2H6/c1-3-8-22-17(2)27(29)31-28(22)23-15-19-10-4-5-11-20(19)16-25(23)30-24-14-13-18-9-6-7-12-21(18)26(24)28;2*1-2/h3-5,7-8,10-16H,1-2,6,9H2;2*1-2H3/b22-8+;;. The Morgan fingerprint density at radius 1 is 0.971 bits per heavy atom. The van der Waals surface area contributed by atoms with E-state index in [1.165, 1.54) is 5.56 Å². The number of aryl methyl sites for hydroxylation is 1. The van der Waals surface area contributed by atoms with Gasteiger partial charge in [0.2, 0.25) is 0 Å². The molecule has 1 atom stereocenters. The lowest BCUT2D eigenvalue weighted by atomic mass is 9.73. The van der Waals surface area contributed by atoms with Gasteiger partial charge < -0.3 is 9.47 Å². The third kappa shape index (κ3) is 3.63. The first-order valence-electron chi connectivity index (χ1n) is 12.4. The zero-order valence-electron chi connectivity index (χ0n) is 21.0. The number of rotatable bonds is 1. The molecule has 0 saturated carbocycles. The van der Waals surface area contributed by atoms with Crippen molar-refractivity contribution in [2.75, 3.05) is 0 Å². The van der Waals surface area contributed by atoms with Gasteiger partial charge >= 0.3 is 5.97 Å².